The van der Waals surface area contributed by atoms with Crippen molar-refractivity contribution in [2.24, 2.45) is 0 Å². The average molecular weight is 330 g/mol. The predicted molar refractivity (Wildman–Crippen MR) is 102 cm³/mol. The van der Waals surface area contributed by atoms with E-state index >= 15 is 0 Å². The van der Waals surface area contributed by atoms with E-state index in [2.05, 4.69) is 53.6 Å². The quantitative estimate of drug-likeness (QED) is 0.632. The molecule has 0 fully saturated rings. The van der Waals surface area contributed by atoms with Crippen LogP contribution in [0.5, 0.6) is 5.75 Å². The summed E-state index contributed by atoms with van der Waals surface area (Å²) in [6.45, 7) is 4.21. The standard InChI is InChI=1S/C22H22N2O/c1-16-7-8-21-19(13-16)20-15-23(2)11-10-22(20)24(21)12-9-17-5-4-6-18(14-17)25-3/h4-8,13-14H,10-11,15H2,1-3H3. The van der Waals surface area contributed by atoms with Crippen molar-refractivity contribution in [3.63, 3.8) is 0 Å². The lowest BCUT2D eigenvalue weighted by molar-refractivity contribution is 0.311. The summed E-state index contributed by atoms with van der Waals surface area (Å²) in [6.07, 6.45) is 1.03. The number of fused-ring (bicyclic) bond motifs is 3. The first-order valence-corrected chi connectivity index (χ1v) is 8.63. The minimum Gasteiger partial charge on any atom is -0.497 e. The molecule has 0 saturated carbocycles. The van der Waals surface area contributed by atoms with Gasteiger partial charge in [-0.15, -0.1) is 0 Å². The summed E-state index contributed by atoms with van der Waals surface area (Å²) in [5.74, 6) is 4.15. The first-order valence-electron chi connectivity index (χ1n) is 8.63. The van der Waals surface area contributed by atoms with Gasteiger partial charge in [0, 0.05) is 42.2 Å². The van der Waals surface area contributed by atoms with Crippen molar-refractivity contribution >= 4 is 10.9 Å². The summed E-state index contributed by atoms with van der Waals surface area (Å²) in [5, 5.41) is 1.33. The molecule has 3 heteroatoms. The number of hydrogen-bond donors (Lipinski definition) is 0. The highest BCUT2D eigenvalue weighted by molar-refractivity contribution is 5.87. The van der Waals surface area contributed by atoms with E-state index in [1.54, 1.807) is 7.11 Å². The second-order valence-electron chi connectivity index (χ2n) is 6.74. The minimum absolute atomic E-state index is 0.837. The van der Waals surface area contributed by atoms with Gasteiger partial charge in [0.15, 0.2) is 0 Å². The zero-order valence-corrected chi connectivity index (χ0v) is 15.0. The van der Waals surface area contributed by atoms with Crippen LogP contribution in [0.2, 0.25) is 0 Å². The number of aryl methyl sites for hydroxylation is 1. The van der Waals surface area contributed by atoms with Gasteiger partial charge in [-0.3, -0.25) is 4.57 Å². The monoisotopic (exact) mass is 330 g/mol. The third-order valence-corrected chi connectivity index (χ3v) is 4.88. The van der Waals surface area contributed by atoms with Gasteiger partial charge in [0.2, 0.25) is 0 Å². The van der Waals surface area contributed by atoms with Crippen LogP contribution in [0.1, 0.15) is 22.4 Å². The molecule has 0 unspecified atom stereocenters. The average Bonchev–Trinajstić information content (AvgIpc) is 2.92. The smallest absolute Gasteiger partial charge is 0.120 e. The van der Waals surface area contributed by atoms with Crippen molar-refractivity contribution in [1.29, 1.82) is 0 Å². The largest absolute Gasteiger partial charge is 0.497 e. The number of hydrogen-bond acceptors (Lipinski definition) is 2. The van der Waals surface area contributed by atoms with Gasteiger partial charge in [0.25, 0.3) is 0 Å². The molecule has 0 atom stereocenters. The second-order valence-corrected chi connectivity index (χ2v) is 6.74. The Bertz CT molecular complexity index is 1000. The molecule has 1 aromatic heterocycles. The van der Waals surface area contributed by atoms with Crippen LogP contribution >= 0.6 is 0 Å². The first kappa shape index (κ1) is 15.8. The van der Waals surface area contributed by atoms with E-state index in [0.29, 0.717) is 0 Å². The molecule has 0 amide bonds. The Balaban J connectivity index is 1.86. The van der Waals surface area contributed by atoms with E-state index in [1.807, 2.05) is 24.3 Å². The maximum absolute atomic E-state index is 5.30. The number of nitrogens with zero attached hydrogens (tertiary/aromatic N) is 2. The van der Waals surface area contributed by atoms with Crippen molar-refractivity contribution in [3.8, 4) is 17.7 Å². The van der Waals surface area contributed by atoms with Crippen LogP contribution in [0, 0.1) is 18.9 Å². The van der Waals surface area contributed by atoms with Gasteiger partial charge in [0.05, 0.1) is 12.6 Å². The maximum Gasteiger partial charge on any atom is 0.120 e. The van der Waals surface area contributed by atoms with Crippen LogP contribution in [0.15, 0.2) is 42.5 Å². The topological polar surface area (TPSA) is 17.4 Å². The minimum atomic E-state index is 0.837. The molecule has 2 aromatic carbocycles. The predicted octanol–water partition coefficient (Wildman–Crippen LogP) is 3.80. The molecule has 0 bridgehead atoms. The Labute approximate surface area is 148 Å². The summed E-state index contributed by atoms with van der Waals surface area (Å²) in [7, 11) is 3.87. The van der Waals surface area contributed by atoms with E-state index in [0.717, 1.165) is 30.8 Å². The maximum atomic E-state index is 5.30. The fourth-order valence-electron chi connectivity index (χ4n) is 3.56. The molecule has 1 aliphatic heterocycles. The molecule has 0 radical (unpaired) electrons. The molecule has 126 valence electrons. The van der Waals surface area contributed by atoms with Crippen molar-refractivity contribution in [2.45, 2.75) is 19.9 Å². The Morgan fingerprint density at radius 1 is 1.12 bits per heavy atom. The Hall–Kier alpha value is -2.70. The summed E-state index contributed by atoms with van der Waals surface area (Å²) in [6, 6.07) is 18.0. The number of benzene rings is 2. The molecular weight excluding hydrogens is 308 g/mol. The van der Waals surface area contributed by atoms with Gasteiger partial charge in [-0.25, -0.2) is 0 Å². The van der Waals surface area contributed by atoms with E-state index < -0.39 is 0 Å². The summed E-state index contributed by atoms with van der Waals surface area (Å²) in [4.78, 5) is 2.38. The zero-order valence-electron chi connectivity index (χ0n) is 15.0. The Kier molecular flexibility index (Phi) is 3.99. The lowest BCUT2D eigenvalue weighted by Gasteiger charge is -2.23. The van der Waals surface area contributed by atoms with Crippen LogP contribution in [-0.4, -0.2) is 30.2 Å². The molecule has 1 aliphatic rings. The van der Waals surface area contributed by atoms with Crippen LogP contribution in [0.25, 0.3) is 10.9 Å². The second kappa shape index (κ2) is 6.31. The third-order valence-electron chi connectivity index (χ3n) is 4.88. The van der Waals surface area contributed by atoms with E-state index in [4.69, 9.17) is 4.74 Å². The third kappa shape index (κ3) is 2.90. The molecule has 0 spiro atoms. The summed E-state index contributed by atoms with van der Waals surface area (Å²) >= 11 is 0. The van der Waals surface area contributed by atoms with Gasteiger partial charge < -0.3 is 9.64 Å². The van der Waals surface area contributed by atoms with Crippen LogP contribution < -0.4 is 4.74 Å². The van der Waals surface area contributed by atoms with Crippen LogP contribution in [0.3, 0.4) is 0 Å². The van der Waals surface area contributed by atoms with E-state index in [9.17, 15) is 0 Å². The molecule has 3 nitrogen and oxygen atoms in total. The van der Waals surface area contributed by atoms with Crippen molar-refractivity contribution in [1.82, 2.24) is 9.47 Å². The fourth-order valence-corrected chi connectivity index (χ4v) is 3.56. The number of rotatable bonds is 1. The molecule has 3 aromatic rings. The number of aromatic nitrogens is 1. The van der Waals surface area contributed by atoms with Gasteiger partial charge >= 0.3 is 0 Å². The number of methoxy groups -OCH3 is 1. The van der Waals surface area contributed by atoms with Gasteiger partial charge in [0.1, 0.15) is 5.75 Å². The molecule has 2 heterocycles. The highest BCUT2D eigenvalue weighted by Gasteiger charge is 2.21. The van der Waals surface area contributed by atoms with Crippen molar-refractivity contribution in [3.05, 3.63) is 64.8 Å². The zero-order chi connectivity index (χ0) is 17.4. The number of likely N-dealkylation sites (N-methyl/N-ethyl adjacent to an activating group) is 1. The highest BCUT2D eigenvalue weighted by Crippen LogP contribution is 2.30. The summed E-state index contributed by atoms with van der Waals surface area (Å²) in [5.41, 5.74) is 6.25. The lowest BCUT2D eigenvalue weighted by Crippen LogP contribution is -2.27. The summed E-state index contributed by atoms with van der Waals surface area (Å²) < 4.78 is 7.49. The Morgan fingerprint density at radius 2 is 2.00 bits per heavy atom. The number of ether oxygens (including phenoxy) is 1. The molecule has 25 heavy (non-hydrogen) atoms. The van der Waals surface area contributed by atoms with Gasteiger partial charge in [-0.05, 0) is 55.8 Å². The molecule has 0 saturated heterocycles. The van der Waals surface area contributed by atoms with Crippen molar-refractivity contribution in [2.75, 3.05) is 20.7 Å². The van der Waals surface area contributed by atoms with Crippen LogP contribution in [-0.2, 0) is 13.0 Å². The van der Waals surface area contributed by atoms with Gasteiger partial charge in [-0.1, -0.05) is 17.7 Å². The first-order chi connectivity index (χ1) is 12.2. The van der Waals surface area contributed by atoms with Gasteiger partial charge in [-0.2, -0.15) is 0 Å². The Morgan fingerprint density at radius 3 is 2.84 bits per heavy atom. The SMILES string of the molecule is COc1cccc(C#Cn2c3c(c4cc(C)ccc42)CN(C)CC3)c1. The molecule has 0 N–H and O–H groups in total. The lowest BCUT2D eigenvalue weighted by atomic mass is 10.0. The highest BCUT2D eigenvalue weighted by atomic mass is 16.5. The van der Waals surface area contributed by atoms with E-state index in [1.165, 1.54) is 27.7 Å². The molecular formula is C22H22N2O. The van der Waals surface area contributed by atoms with E-state index in [-0.39, 0.29) is 0 Å². The molecule has 0 aliphatic carbocycles. The van der Waals surface area contributed by atoms with Crippen LogP contribution in [0.4, 0.5) is 0 Å². The van der Waals surface area contributed by atoms with Crippen molar-refractivity contribution < 1.29 is 4.74 Å². The molecule has 4 rings (SSSR count). The normalized spacial score (nSPS) is 14.0. The fraction of sp³-hybridized carbons (Fsp3) is 0.273.